The van der Waals surface area contributed by atoms with Gasteiger partial charge in [0, 0.05) is 36.9 Å². The van der Waals surface area contributed by atoms with Crippen molar-refractivity contribution >= 4 is 34.3 Å². The molecule has 0 saturated carbocycles. The van der Waals surface area contributed by atoms with Gasteiger partial charge in [-0.2, -0.15) is 11.3 Å². The van der Waals surface area contributed by atoms with E-state index in [1.54, 1.807) is 22.7 Å². The Morgan fingerprint density at radius 3 is 3.00 bits per heavy atom. The largest absolute Gasteiger partial charge is 0.311 e. The van der Waals surface area contributed by atoms with Crippen LogP contribution in [0.15, 0.2) is 22.2 Å². The van der Waals surface area contributed by atoms with Gasteiger partial charge in [-0.25, -0.2) is 4.98 Å². The lowest BCUT2D eigenvalue weighted by atomic mass is 9.78. The molecule has 0 N–H and O–H groups in total. The minimum Gasteiger partial charge on any atom is -0.311 e. The van der Waals surface area contributed by atoms with Crippen molar-refractivity contribution in [2.24, 2.45) is 11.3 Å². The summed E-state index contributed by atoms with van der Waals surface area (Å²) in [4.78, 5) is 22.1. The summed E-state index contributed by atoms with van der Waals surface area (Å²) in [5.74, 6) is 0.721. The number of carbonyl (C=O) groups is 1. The van der Waals surface area contributed by atoms with E-state index in [-0.39, 0.29) is 5.41 Å². The molecular weight excluding hydrogens is 326 g/mol. The van der Waals surface area contributed by atoms with Crippen LogP contribution in [0.4, 0.5) is 5.69 Å². The van der Waals surface area contributed by atoms with E-state index in [1.807, 2.05) is 17.2 Å². The number of amides is 1. The summed E-state index contributed by atoms with van der Waals surface area (Å²) in [5.41, 5.74) is 2.00. The molecule has 0 aromatic carbocycles. The second-order valence-electron chi connectivity index (χ2n) is 6.77. The predicted octanol–water partition coefficient (Wildman–Crippen LogP) is 3.39. The summed E-state index contributed by atoms with van der Waals surface area (Å²) in [7, 11) is 0. The second kappa shape index (κ2) is 5.69. The zero-order valence-electron chi connectivity index (χ0n) is 13.5. The van der Waals surface area contributed by atoms with Crippen LogP contribution in [0.2, 0.25) is 0 Å². The van der Waals surface area contributed by atoms with Crippen LogP contribution in [0.1, 0.15) is 24.0 Å². The molecule has 4 rings (SSSR count). The maximum atomic E-state index is 13.1. The molecular formula is C17H21N3OS2. The van der Waals surface area contributed by atoms with Crippen LogP contribution < -0.4 is 4.90 Å². The molecule has 0 aliphatic carbocycles. The summed E-state index contributed by atoms with van der Waals surface area (Å²) >= 11 is 3.35. The number of aromatic nitrogens is 1. The molecule has 2 aromatic heterocycles. The third-order valence-corrected chi connectivity index (χ3v) is 6.80. The highest BCUT2D eigenvalue weighted by molar-refractivity contribution is 7.09. The van der Waals surface area contributed by atoms with Gasteiger partial charge in [-0.05, 0) is 30.7 Å². The van der Waals surface area contributed by atoms with Crippen LogP contribution in [-0.4, -0.2) is 35.4 Å². The molecule has 2 fully saturated rings. The highest BCUT2D eigenvalue weighted by Crippen LogP contribution is 2.46. The molecule has 23 heavy (non-hydrogen) atoms. The molecule has 4 nitrogen and oxygen atoms in total. The summed E-state index contributed by atoms with van der Waals surface area (Å²) in [6, 6.07) is 2.05. The number of hydrogen-bond acceptors (Lipinski definition) is 5. The van der Waals surface area contributed by atoms with Gasteiger partial charge in [0.2, 0.25) is 5.91 Å². The summed E-state index contributed by atoms with van der Waals surface area (Å²) in [6.45, 7) is 7.85. The number of carbonyl (C=O) groups excluding carboxylic acids is 1. The fourth-order valence-corrected chi connectivity index (χ4v) is 5.31. The van der Waals surface area contributed by atoms with Crippen molar-refractivity contribution in [1.82, 2.24) is 9.88 Å². The third-order valence-electron chi connectivity index (χ3n) is 5.30. The molecule has 1 spiro atoms. The number of thiazole rings is 1. The van der Waals surface area contributed by atoms with Gasteiger partial charge in [-0.1, -0.05) is 6.92 Å². The summed E-state index contributed by atoms with van der Waals surface area (Å²) in [6.07, 6.45) is 0.968. The molecule has 0 unspecified atom stereocenters. The molecule has 122 valence electrons. The number of anilines is 1. The van der Waals surface area contributed by atoms with Crippen LogP contribution >= 0.6 is 22.7 Å². The highest BCUT2D eigenvalue weighted by Gasteiger charge is 2.55. The molecule has 6 heteroatoms. The Morgan fingerprint density at radius 2 is 2.30 bits per heavy atom. The van der Waals surface area contributed by atoms with E-state index in [4.69, 9.17) is 0 Å². The lowest BCUT2D eigenvalue weighted by molar-refractivity contribution is -0.126. The molecule has 0 bridgehead atoms. The van der Waals surface area contributed by atoms with Crippen molar-refractivity contribution in [3.05, 3.63) is 32.9 Å². The first-order valence-electron chi connectivity index (χ1n) is 8.06. The SMILES string of the molecule is Cc1nc(CN2C[C@@H](C)[C@@]3(CCN(c4ccsc4)C3=O)C2)cs1. The van der Waals surface area contributed by atoms with Crippen molar-refractivity contribution in [2.75, 3.05) is 24.5 Å². The molecule has 2 atom stereocenters. The summed E-state index contributed by atoms with van der Waals surface area (Å²) in [5, 5.41) is 7.37. The maximum absolute atomic E-state index is 13.1. The Balaban J connectivity index is 1.52. The van der Waals surface area contributed by atoms with Crippen LogP contribution in [0.5, 0.6) is 0 Å². The third kappa shape index (κ3) is 2.53. The van der Waals surface area contributed by atoms with Crippen molar-refractivity contribution in [2.45, 2.75) is 26.8 Å². The molecule has 2 aliphatic heterocycles. The van der Waals surface area contributed by atoms with Crippen molar-refractivity contribution in [3.8, 4) is 0 Å². The summed E-state index contributed by atoms with van der Waals surface area (Å²) < 4.78 is 0. The van der Waals surface area contributed by atoms with Crippen LogP contribution in [0, 0.1) is 18.3 Å². The minimum absolute atomic E-state index is 0.201. The van der Waals surface area contributed by atoms with Gasteiger partial charge in [-0.3, -0.25) is 9.69 Å². The Kier molecular flexibility index (Phi) is 3.78. The molecule has 2 aromatic rings. The van der Waals surface area contributed by atoms with Gasteiger partial charge < -0.3 is 4.90 Å². The normalized spacial score (nSPS) is 28.3. The first kappa shape index (κ1) is 15.3. The number of rotatable bonds is 3. The van der Waals surface area contributed by atoms with E-state index < -0.39 is 0 Å². The van der Waals surface area contributed by atoms with Gasteiger partial charge in [0.05, 0.1) is 21.8 Å². The number of thiophene rings is 1. The molecule has 2 saturated heterocycles. The topological polar surface area (TPSA) is 36.4 Å². The number of likely N-dealkylation sites (tertiary alicyclic amines) is 1. The molecule has 4 heterocycles. The Labute approximate surface area is 144 Å². The zero-order valence-corrected chi connectivity index (χ0v) is 15.1. The fourth-order valence-electron chi connectivity index (χ4n) is 4.06. The highest BCUT2D eigenvalue weighted by atomic mass is 32.1. The van der Waals surface area contributed by atoms with Crippen molar-refractivity contribution in [3.63, 3.8) is 0 Å². The molecule has 2 aliphatic rings. The second-order valence-corrected chi connectivity index (χ2v) is 8.62. The monoisotopic (exact) mass is 347 g/mol. The average molecular weight is 348 g/mol. The van der Waals surface area contributed by atoms with Gasteiger partial charge in [-0.15, -0.1) is 11.3 Å². The lowest BCUT2D eigenvalue weighted by Gasteiger charge is -2.26. The zero-order chi connectivity index (χ0) is 16.0. The van der Waals surface area contributed by atoms with Gasteiger partial charge in [0.1, 0.15) is 0 Å². The molecule has 0 radical (unpaired) electrons. The van der Waals surface area contributed by atoms with Gasteiger partial charge >= 0.3 is 0 Å². The maximum Gasteiger partial charge on any atom is 0.234 e. The van der Waals surface area contributed by atoms with Crippen LogP contribution in [0.25, 0.3) is 0 Å². The Hall–Kier alpha value is -1.24. The fraction of sp³-hybridized carbons (Fsp3) is 0.529. The van der Waals surface area contributed by atoms with Crippen molar-refractivity contribution in [1.29, 1.82) is 0 Å². The van der Waals surface area contributed by atoms with E-state index in [2.05, 4.69) is 33.6 Å². The van der Waals surface area contributed by atoms with Crippen LogP contribution in [-0.2, 0) is 11.3 Å². The predicted molar refractivity (Wildman–Crippen MR) is 95.0 cm³/mol. The van der Waals surface area contributed by atoms with E-state index in [9.17, 15) is 4.79 Å². The lowest BCUT2D eigenvalue weighted by Crippen LogP contribution is -2.39. The van der Waals surface area contributed by atoms with Crippen LogP contribution in [0.3, 0.4) is 0 Å². The van der Waals surface area contributed by atoms with E-state index in [0.717, 1.165) is 49.0 Å². The number of hydrogen-bond donors (Lipinski definition) is 0. The number of nitrogens with zero attached hydrogens (tertiary/aromatic N) is 3. The van der Waals surface area contributed by atoms with Crippen molar-refractivity contribution < 1.29 is 4.79 Å². The molecule has 1 amide bonds. The average Bonchev–Trinajstić information content (AvgIpc) is 3.25. The van der Waals surface area contributed by atoms with E-state index in [1.165, 1.54) is 0 Å². The van der Waals surface area contributed by atoms with Gasteiger partial charge in [0.15, 0.2) is 0 Å². The first-order chi connectivity index (χ1) is 11.1. The smallest absolute Gasteiger partial charge is 0.234 e. The standard InChI is InChI=1S/C17H21N3OS2/c1-12-7-19(8-14-9-23-13(2)18-14)11-17(12)4-5-20(16(17)21)15-3-6-22-10-15/h3,6,9-10,12H,4-5,7-8,11H2,1-2H3/t12-,17-/m1/s1. The minimum atomic E-state index is -0.201. The number of aryl methyl sites for hydroxylation is 1. The Bertz CT molecular complexity index is 711. The van der Waals surface area contributed by atoms with E-state index in [0.29, 0.717) is 11.8 Å². The van der Waals surface area contributed by atoms with Gasteiger partial charge in [0.25, 0.3) is 0 Å². The van der Waals surface area contributed by atoms with E-state index >= 15 is 0 Å². The Morgan fingerprint density at radius 1 is 1.43 bits per heavy atom. The first-order valence-corrected chi connectivity index (χ1v) is 9.88. The quantitative estimate of drug-likeness (QED) is 0.854.